The van der Waals surface area contributed by atoms with E-state index in [0.29, 0.717) is 30.0 Å². The molecule has 2 aromatic carbocycles. The zero-order valence-electron chi connectivity index (χ0n) is 18.7. The van der Waals surface area contributed by atoms with Gasteiger partial charge in [0.1, 0.15) is 5.69 Å². The van der Waals surface area contributed by atoms with Crippen LogP contribution in [0, 0.1) is 6.92 Å². The molecule has 0 saturated carbocycles. The summed E-state index contributed by atoms with van der Waals surface area (Å²) in [5.41, 5.74) is 1.91. The van der Waals surface area contributed by atoms with Crippen molar-refractivity contribution in [1.82, 2.24) is 13.7 Å². The van der Waals surface area contributed by atoms with Crippen molar-refractivity contribution in [3.05, 3.63) is 76.2 Å². The summed E-state index contributed by atoms with van der Waals surface area (Å²) in [5.74, 6) is -0.245. The average molecular weight is 457 g/mol. The Morgan fingerprint density at radius 2 is 1.59 bits per heavy atom. The van der Waals surface area contributed by atoms with Crippen molar-refractivity contribution in [2.75, 3.05) is 25.0 Å². The molecule has 0 bridgehead atoms. The summed E-state index contributed by atoms with van der Waals surface area (Å²) in [7, 11) is -1.80. The minimum Gasteiger partial charge on any atom is -0.372 e. The largest absolute Gasteiger partial charge is 0.372 e. The van der Waals surface area contributed by atoms with Crippen LogP contribution < -0.4 is 10.9 Å². The molecule has 0 aliphatic rings. The van der Waals surface area contributed by atoms with Crippen LogP contribution in [0.5, 0.6) is 0 Å². The maximum absolute atomic E-state index is 12.9. The van der Waals surface area contributed by atoms with Crippen molar-refractivity contribution in [3.63, 3.8) is 0 Å². The highest BCUT2D eigenvalue weighted by Gasteiger charge is 2.22. The zero-order valence-corrected chi connectivity index (χ0v) is 19.5. The van der Waals surface area contributed by atoms with Crippen LogP contribution in [-0.4, -0.2) is 47.5 Å². The molecule has 0 saturated heterocycles. The lowest BCUT2D eigenvalue weighted by atomic mass is 10.1. The molecule has 32 heavy (non-hydrogen) atoms. The number of sulfonamides is 1. The van der Waals surface area contributed by atoms with Crippen LogP contribution in [0.3, 0.4) is 0 Å². The molecule has 3 rings (SSSR count). The smallest absolute Gasteiger partial charge is 0.295 e. The van der Waals surface area contributed by atoms with Gasteiger partial charge in [-0.25, -0.2) is 13.1 Å². The minimum absolute atomic E-state index is 0.0863. The predicted molar refractivity (Wildman–Crippen MR) is 125 cm³/mol. The molecule has 8 nitrogen and oxygen atoms in total. The van der Waals surface area contributed by atoms with Crippen LogP contribution in [0.1, 0.15) is 29.9 Å². The number of carbonyl (C=O) groups is 1. The van der Waals surface area contributed by atoms with Gasteiger partial charge < -0.3 is 5.32 Å². The average Bonchev–Trinajstić information content (AvgIpc) is 3.01. The fourth-order valence-corrected chi connectivity index (χ4v) is 5.03. The number of rotatable bonds is 9. The maximum Gasteiger partial charge on any atom is 0.295 e. The molecule has 0 spiro atoms. The highest BCUT2D eigenvalue weighted by molar-refractivity contribution is 7.89. The maximum atomic E-state index is 12.9. The van der Waals surface area contributed by atoms with Crippen molar-refractivity contribution in [1.29, 1.82) is 0 Å². The third-order valence-corrected chi connectivity index (χ3v) is 7.56. The van der Waals surface area contributed by atoms with Gasteiger partial charge in [-0.2, -0.15) is 4.31 Å². The van der Waals surface area contributed by atoms with Gasteiger partial charge in [0.2, 0.25) is 10.0 Å². The van der Waals surface area contributed by atoms with Gasteiger partial charge in [0.15, 0.2) is 5.78 Å². The van der Waals surface area contributed by atoms with Gasteiger partial charge in [-0.05, 0) is 43.3 Å². The number of Topliss-reactive ketones (excluding diaryl/α,β-unsaturated/α-hetero) is 1. The summed E-state index contributed by atoms with van der Waals surface area (Å²) >= 11 is 0. The van der Waals surface area contributed by atoms with Crippen LogP contribution in [0.25, 0.3) is 5.69 Å². The third-order valence-electron chi connectivity index (χ3n) is 5.50. The van der Waals surface area contributed by atoms with Crippen molar-refractivity contribution >= 4 is 21.5 Å². The first-order chi connectivity index (χ1) is 15.2. The van der Waals surface area contributed by atoms with E-state index in [0.717, 1.165) is 5.69 Å². The van der Waals surface area contributed by atoms with Crippen molar-refractivity contribution in [2.24, 2.45) is 7.05 Å². The first kappa shape index (κ1) is 23.5. The number of para-hydroxylation sites is 1. The standard InChI is InChI=1S/C23H28N4O4S/c1-5-26(6-2)32(30,31)20-14-12-18(13-15-20)21(28)16-24-22-17(3)25(4)27(23(22)29)19-10-8-7-9-11-19/h7-15,24H,5-6,16H2,1-4H3. The van der Waals surface area contributed by atoms with E-state index in [9.17, 15) is 18.0 Å². The monoisotopic (exact) mass is 456 g/mol. The Labute approximate surface area is 188 Å². The molecule has 9 heteroatoms. The highest BCUT2D eigenvalue weighted by atomic mass is 32.2. The number of aromatic nitrogens is 2. The number of ketones is 1. The number of carbonyl (C=O) groups excluding carboxylic acids is 1. The zero-order chi connectivity index (χ0) is 23.5. The van der Waals surface area contributed by atoms with E-state index in [1.165, 1.54) is 33.3 Å². The van der Waals surface area contributed by atoms with E-state index in [4.69, 9.17) is 0 Å². The summed E-state index contributed by atoms with van der Waals surface area (Å²) in [6, 6.07) is 15.1. The summed E-state index contributed by atoms with van der Waals surface area (Å²) < 4.78 is 29.8. The Hall–Kier alpha value is -3.17. The lowest BCUT2D eigenvalue weighted by molar-refractivity contribution is 0.101. The first-order valence-corrected chi connectivity index (χ1v) is 11.9. The van der Waals surface area contributed by atoms with Crippen molar-refractivity contribution < 1.29 is 13.2 Å². The quantitative estimate of drug-likeness (QED) is 0.500. The van der Waals surface area contributed by atoms with Crippen LogP contribution in [0.2, 0.25) is 0 Å². The van der Waals surface area contributed by atoms with Gasteiger partial charge in [0.05, 0.1) is 22.8 Å². The normalized spacial score (nSPS) is 11.7. The van der Waals surface area contributed by atoms with Crippen LogP contribution in [0.4, 0.5) is 5.69 Å². The second-order valence-corrected chi connectivity index (χ2v) is 9.26. The van der Waals surface area contributed by atoms with Crippen LogP contribution in [0.15, 0.2) is 64.3 Å². The Morgan fingerprint density at radius 1 is 1.00 bits per heavy atom. The molecule has 0 amide bonds. The summed E-state index contributed by atoms with van der Waals surface area (Å²) in [6.45, 7) is 6.03. The first-order valence-electron chi connectivity index (χ1n) is 10.4. The lowest BCUT2D eigenvalue weighted by Crippen LogP contribution is -2.30. The van der Waals surface area contributed by atoms with E-state index in [2.05, 4.69) is 5.32 Å². The number of hydrogen-bond acceptors (Lipinski definition) is 5. The topological polar surface area (TPSA) is 93.4 Å². The summed E-state index contributed by atoms with van der Waals surface area (Å²) in [6.07, 6.45) is 0. The molecule has 0 aliphatic heterocycles. The van der Waals surface area contributed by atoms with Gasteiger partial charge in [-0.3, -0.25) is 14.3 Å². The molecular formula is C23H28N4O4S. The fraction of sp³-hybridized carbons (Fsp3) is 0.304. The molecular weight excluding hydrogens is 428 g/mol. The summed E-state index contributed by atoms with van der Waals surface area (Å²) in [5, 5.41) is 2.96. The predicted octanol–water partition coefficient (Wildman–Crippen LogP) is 2.81. The van der Waals surface area contributed by atoms with E-state index >= 15 is 0 Å². The van der Waals surface area contributed by atoms with E-state index in [1.54, 1.807) is 32.5 Å². The second-order valence-electron chi connectivity index (χ2n) is 7.33. The highest BCUT2D eigenvalue weighted by Crippen LogP contribution is 2.17. The van der Waals surface area contributed by atoms with Crippen LogP contribution in [-0.2, 0) is 17.1 Å². The number of benzene rings is 2. The van der Waals surface area contributed by atoms with Crippen LogP contribution >= 0.6 is 0 Å². The number of nitrogens with one attached hydrogen (secondary N) is 1. The second kappa shape index (κ2) is 9.54. The van der Waals surface area contributed by atoms with Gasteiger partial charge >= 0.3 is 0 Å². The van der Waals surface area contributed by atoms with E-state index in [-0.39, 0.29) is 22.8 Å². The Bertz CT molecular complexity index is 1260. The van der Waals surface area contributed by atoms with Gasteiger partial charge in [0, 0.05) is 25.7 Å². The SMILES string of the molecule is CCN(CC)S(=O)(=O)c1ccc(C(=O)CNc2c(C)n(C)n(-c3ccccc3)c2=O)cc1. The lowest BCUT2D eigenvalue weighted by Gasteiger charge is -2.18. The van der Waals surface area contributed by atoms with Gasteiger partial charge in [0.25, 0.3) is 5.56 Å². The van der Waals surface area contributed by atoms with Gasteiger partial charge in [-0.1, -0.05) is 32.0 Å². The Morgan fingerprint density at radius 3 is 2.16 bits per heavy atom. The molecule has 1 heterocycles. The molecule has 0 aliphatic carbocycles. The van der Waals surface area contributed by atoms with Crippen molar-refractivity contribution in [3.8, 4) is 5.69 Å². The molecule has 0 radical (unpaired) electrons. The molecule has 0 atom stereocenters. The van der Waals surface area contributed by atoms with E-state index < -0.39 is 10.0 Å². The molecule has 3 aromatic rings. The van der Waals surface area contributed by atoms with Crippen molar-refractivity contribution in [2.45, 2.75) is 25.7 Å². The van der Waals surface area contributed by atoms with E-state index in [1.807, 2.05) is 30.3 Å². The number of nitrogens with zero attached hydrogens (tertiary/aromatic N) is 3. The van der Waals surface area contributed by atoms with Gasteiger partial charge in [-0.15, -0.1) is 0 Å². The summed E-state index contributed by atoms with van der Waals surface area (Å²) in [4.78, 5) is 25.8. The number of anilines is 1. The molecule has 1 aromatic heterocycles. The third kappa shape index (κ3) is 4.39. The minimum atomic E-state index is -3.58. The fourth-order valence-electron chi connectivity index (χ4n) is 3.57. The molecule has 0 fully saturated rings. The molecule has 1 N–H and O–H groups in total. The molecule has 0 unspecified atom stereocenters. The molecule has 170 valence electrons. The Balaban J connectivity index is 1.78. The number of hydrogen-bond donors (Lipinski definition) is 1. The Kier molecular flexibility index (Phi) is 7.00.